The first-order valence-electron chi connectivity index (χ1n) is 8.11. The maximum Gasteiger partial charge on any atom is 0.336 e. The van der Waals surface area contributed by atoms with E-state index >= 15 is 0 Å². The Morgan fingerprint density at radius 3 is 2.92 bits per heavy atom. The number of esters is 1. The number of carbonyl (C=O) groups is 2. The van der Waals surface area contributed by atoms with Gasteiger partial charge in [0.2, 0.25) is 5.91 Å². The predicted molar refractivity (Wildman–Crippen MR) is 94.7 cm³/mol. The van der Waals surface area contributed by atoms with Gasteiger partial charge in [-0.2, -0.15) is 0 Å². The third-order valence-corrected chi connectivity index (χ3v) is 5.05. The number of carbonyl (C=O) groups excluding carboxylic acids is 2. The van der Waals surface area contributed by atoms with Gasteiger partial charge in [-0.25, -0.2) is 4.79 Å². The van der Waals surface area contributed by atoms with Crippen molar-refractivity contribution in [1.82, 2.24) is 4.90 Å². The van der Waals surface area contributed by atoms with Crippen molar-refractivity contribution < 1.29 is 14.3 Å². The molecule has 1 aromatic carbocycles. The fourth-order valence-electron chi connectivity index (χ4n) is 4.07. The molecular formula is C20H18N2O3. The summed E-state index contributed by atoms with van der Waals surface area (Å²) in [7, 11) is 1.34. The number of ether oxygens (including phenoxy) is 1. The van der Waals surface area contributed by atoms with Gasteiger partial charge < -0.3 is 14.5 Å². The SMILES string of the molecule is C=CCN1C(=O)[C@@]2(C(C(=O)OC)=CN3C=CC=C[C@H]32)c2ccccc21. The van der Waals surface area contributed by atoms with Gasteiger partial charge in [0.15, 0.2) is 0 Å². The molecule has 0 fully saturated rings. The van der Waals surface area contributed by atoms with Gasteiger partial charge in [-0.05, 0) is 17.7 Å². The topological polar surface area (TPSA) is 49.9 Å². The largest absolute Gasteiger partial charge is 0.466 e. The summed E-state index contributed by atoms with van der Waals surface area (Å²) in [6, 6.07) is 7.32. The first kappa shape index (κ1) is 15.4. The highest BCUT2D eigenvalue weighted by Gasteiger charge is 2.63. The van der Waals surface area contributed by atoms with Crippen LogP contribution in [-0.2, 0) is 19.7 Å². The summed E-state index contributed by atoms with van der Waals surface area (Å²) >= 11 is 0. The highest BCUT2D eigenvalue weighted by molar-refractivity contribution is 6.17. The van der Waals surface area contributed by atoms with E-state index in [9.17, 15) is 9.59 Å². The minimum Gasteiger partial charge on any atom is -0.466 e. The highest BCUT2D eigenvalue weighted by atomic mass is 16.5. The lowest BCUT2D eigenvalue weighted by molar-refractivity contribution is -0.138. The zero-order valence-electron chi connectivity index (χ0n) is 13.9. The van der Waals surface area contributed by atoms with Gasteiger partial charge in [-0.3, -0.25) is 4.79 Å². The smallest absolute Gasteiger partial charge is 0.336 e. The van der Waals surface area contributed by atoms with Crippen molar-refractivity contribution >= 4 is 17.6 Å². The van der Waals surface area contributed by atoms with Gasteiger partial charge in [-0.1, -0.05) is 36.4 Å². The molecule has 4 rings (SSSR count). The van der Waals surface area contributed by atoms with Gasteiger partial charge in [0.1, 0.15) is 5.41 Å². The molecule has 0 saturated carbocycles. The number of amides is 1. The van der Waals surface area contributed by atoms with Crippen LogP contribution < -0.4 is 4.90 Å². The highest BCUT2D eigenvalue weighted by Crippen LogP contribution is 2.53. The van der Waals surface area contributed by atoms with E-state index in [0.29, 0.717) is 12.1 Å². The molecule has 3 heterocycles. The molecule has 1 amide bonds. The van der Waals surface area contributed by atoms with Gasteiger partial charge in [0.25, 0.3) is 0 Å². The van der Waals surface area contributed by atoms with E-state index in [1.165, 1.54) is 7.11 Å². The molecule has 1 spiro atoms. The Bertz CT molecular complexity index is 867. The summed E-state index contributed by atoms with van der Waals surface area (Å²) < 4.78 is 5.01. The minimum atomic E-state index is -1.10. The van der Waals surface area contributed by atoms with E-state index < -0.39 is 11.4 Å². The van der Waals surface area contributed by atoms with Crippen molar-refractivity contribution in [2.45, 2.75) is 11.5 Å². The second-order valence-electron chi connectivity index (χ2n) is 6.18. The van der Waals surface area contributed by atoms with E-state index in [-0.39, 0.29) is 11.9 Å². The quantitative estimate of drug-likeness (QED) is 0.629. The zero-order valence-corrected chi connectivity index (χ0v) is 13.9. The number of allylic oxidation sites excluding steroid dienone is 2. The van der Waals surface area contributed by atoms with Gasteiger partial charge >= 0.3 is 5.97 Å². The van der Waals surface area contributed by atoms with Crippen LogP contribution in [0.15, 0.2) is 73.1 Å². The predicted octanol–water partition coefficient (Wildman–Crippen LogP) is 2.28. The van der Waals surface area contributed by atoms with Gasteiger partial charge in [-0.15, -0.1) is 6.58 Å². The molecule has 0 radical (unpaired) electrons. The maximum absolute atomic E-state index is 13.6. The number of rotatable bonds is 3. The standard InChI is InChI=1S/C20H18N2O3/c1-3-11-22-16-9-5-4-8-14(16)20(19(22)24)15(18(23)25-2)13-21-12-7-6-10-17(20)21/h3-10,12-13,17H,1,11H2,2H3/t17-,20+/m0/s1. The molecule has 0 aliphatic carbocycles. The Labute approximate surface area is 146 Å². The number of fused-ring (bicyclic) bond motifs is 4. The summed E-state index contributed by atoms with van der Waals surface area (Å²) in [6.07, 6.45) is 11.0. The van der Waals surface area contributed by atoms with E-state index in [1.54, 1.807) is 17.2 Å². The van der Waals surface area contributed by atoms with E-state index in [1.807, 2.05) is 53.6 Å². The molecule has 3 aliphatic heterocycles. The van der Waals surface area contributed by atoms with Crippen LogP contribution >= 0.6 is 0 Å². The first-order valence-corrected chi connectivity index (χ1v) is 8.11. The first-order chi connectivity index (χ1) is 12.2. The Hall–Kier alpha value is -3.08. The van der Waals surface area contributed by atoms with Gasteiger partial charge in [0.05, 0.1) is 18.7 Å². The number of benzene rings is 1. The number of hydrogen-bond acceptors (Lipinski definition) is 4. The van der Waals surface area contributed by atoms with E-state index in [2.05, 4.69) is 6.58 Å². The van der Waals surface area contributed by atoms with Crippen LogP contribution in [0.3, 0.4) is 0 Å². The zero-order chi connectivity index (χ0) is 17.6. The summed E-state index contributed by atoms with van der Waals surface area (Å²) in [6.45, 7) is 4.15. The molecular weight excluding hydrogens is 316 g/mol. The maximum atomic E-state index is 13.6. The fourth-order valence-corrected chi connectivity index (χ4v) is 4.07. The van der Waals surface area contributed by atoms with Crippen LogP contribution in [0.4, 0.5) is 5.69 Å². The van der Waals surface area contributed by atoms with Crippen LogP contribution in [0.2, 0.25) is 0 Å². The van der Waals surface area contributed by atoms with Crippen LogP contribution in [0.5, 0.6) is 0 Å². The summed E-state index contributed by atoms with van der Waals surface area (Å²) in [4.78, 5) is 29.8. The van der Waals surface area contributed by atoms with Crippen molar-refractivity contribution in [2.75, 3.05) is 18.6 Å². The third kappa shape index (κ3) is 1.83. The number of methoxy groups -OCH3 is 1. The molecule has 2 atom stereocenters. The van der Waals surface area contributed by atoms with Crippen molar-refractivity contribution in [1.29, 1.82) is 0 Å². The molecule has 5 nitrogen and oxygen atoms in total. The number of nitrogens with zero attached hydrogens (tertiary/aromatic N) is 2. The lowest BCUT2D eigenvalue weighted by Gasteiger charge is -2.34. The van der Waals surface area contributed by atoms with Crippen molar-refractivity contribution in [3.05, 3.63) is 78.7 Å². The number of anilines is 1. The molecule has 1 aromatic rings. The molecule has 0 aromatic heterocycles. The Kier molecular flexibility index (Phi) is 3.39. The molecule has 0 N–H and O–H groups in total. The van der Waals surface area contributed by atoms with Crippen LogP contribution in [0.25, 0.3) is 0 Å². The van der Waals surface area contributed by atoms with Crippen LogP contribution in [0.1, 0.15) is 5.56 Å². The second-order valence-corrected chi connectivity index (χ2v) is 6.18. The summed E-state index contributed by atoms with van der Waals surface area (Å²) in [5, 5.41) is 0. The van der Waals surface area contributed by atoms with Crippen molar-refractivity contribution in [3.63, 3.8) is 0 Å². The molecule has 0 unspecified atom stereocenters. The van der Waals surface area contributed by atoms with Crippen molar-refractivity contribution in [2.24, 2.45) is 0 Å². The van der Waals surface area contributed by atoms with Crippen molar-refractivity contribution in [3.8, 4) is 0 Å². The molecule has 5 heteroatoms. The van der Waals surface area contributed by atoms with Gasteiger partial charge in [0, 0.05) is 24.6 Å². The summed E-state index contributed by atoms with van der Waals surface area (Å²) in [5.74, 6) is -0.613. The Morgan fingerprint density at radius 2 is 2.16 bits per heavy atom. The number of hydrogen-bond donors (Lipinski definition) is 0. The van der Waals surface area contributed by atoms with E-state index in [0.717, 1.165) is 11.3 Å². The molecule has 0 bridgehead atoms. The lowest BCUT2D eigenvalue weighted by atomic mass is 9.71. The normalized spacial score (nSPS) is 25.9. The average molecular weight is 334 g/mol. The van der Waals surface area contributed by atoms with Crippen LogP contribution in [-0.4, -0.2) is 36.5 Å². The second kappa shape index (κ2) is 5.48. The van der Waals surface area contributed by atoms with E-state index in [4.69, 9.17) is 4.74 Å². The summed E-state index contributed by atoms with van der Waals surface area (Å²) in [5.41, 5.74) is 0.895. The monoisotopic (exact) mass is 334 g/mol. The van der Waals surface area contributed by atoms with Crippen LogP contribution in [0, 0.1) is 0 Å². The average Bonchev–Trinajstić information content (AvgIpc) is 3.12. The third-order valence-electron chi connectivity index (χ3n) is 5.05. The molecule has 25 heavy (non-hydrogen) atoms. The number of para-hydroxylation sites is 1. The molecule has 3 aliphatic rings. The lowest BCUT2D eigenvalue weighted by Crippen LogP contribution is -2.51. The minimum absolute atomic E-state index is 0.127. The fraction of sp³-hybridized carbons (Fsp3) is 0.200. The molecule has 0 saturated heterocycles. The Morgan fingerprint density at radius 1 is 1.36 bits per heavy atom. The Balaban J connectivity index is 2.00. The molecule has 126 valence electrons.